The van der Waals surface area contributed by atoms with Crippen molar-refractivity contribution in [3.8, 4) is 11.4 Å². The molecule has 0 radical (unpaired) electrons. The molecular formula is C13H13ClN4. The number of imidazole rings is 1. The van der Waals surface area contributed by atoms with Gasteiger partial charge >= 0.3 is 0 Å². The van der Waals surface area contributed by atoms with E-state index in [2.05, 4.69) is 15.1 Å². The summed E-state index contributed by atoms with van der Waals surface area (Å²) in [4.78, 5) is 7.89. The minimum absolute atomic E-state index is 0.706. The van der Waals surface area contributed by atoms with Crippen molar-refractivity contribution in [3.05, 3.63) is 34.6 Å². The van der Waals surface area contributed by atoms with Crippen molar-refractivity contribution in [3.63, 3.8) is 0 Å². The van der Waals surface area contributed by atoms with Gasteiger partial charge in [-0.2, -0.15) is 5.10 Å². The summed E-state index contributed by atoms with van der Waals surface area (Å²) in [6.07, 6.45) is 0. The Morgan fingerprint density at radius 3 is 2.72 bits per heavy atom. The highest BCUT2D eigenvalue weighted by Crippen LogP contribution is 2.27. The lowest BCUT2D eigenvalue weighted by molar-refractivity contribution is 0.731. The fraction of sp³-hybridized carbons (Fsp3) is 0.231. The lowest BCUT2D eigenvalue weighted by Gasteiger charge is -1.96. The second kappa shape index (κ2) is 3.85. The van der Waals surface area contributed by atoms with Crippen LogP contribution >= 0.6 is 11.6 Å². The highest BCUT2D eigenvalue weighted by Gasteiger charge is 2.15. The van der Waals surface area contributed by atoms with E-state index in [0.717, 1.165) is 33.8 Å². The molecule has 0 aliphatic rings. The van der Waals surface area contributed by atoms with Gasteiger partial charge in [-0.25, -0.2) is 4.98 Å². The highest BCUT2D eigenvalue weighted by atomic mass is 35.5. The monoisotopic (exact) mass is 260 g/mol. The van der Waals surface area contributed by atoms with E-state index in [4.69, 9.17) is 11.6 Å². The molecule has 0 spiro atoms. The van der Waals surface area contributed by atoms with Crippen molar-refractivity contribution in [2.45, 2.75) is 13.8 Å². The number of fused-ring (bicyclic) bond motifs is 1. The highest BCUT2D eigenvalue weighted by molar-refractivity contribution is 6.31. The molecule has 4 nitrogen and oxygen atoms in total. The Morgan fingerprint density at radius 1 is 1.28 bits per heavy atom. The Hall–Kier alpha value is -1.81. The second-order valence-corrected chi connectivity index (χ2v) is 4.85. The van der Waals surface area contributed by atoms with E-state index in [0.29, 0.717) is 5.02 Å². The van der Waals surface area contributed by atoms with Gasteiger partial charge in [0, 0.05) is 17.8 Å². The molecule has 92 valence electrons. The van der Waals surface area contributed by atoms with E-state index in [-0.39, 0.29) is 0 Å². The Kier molecular flexibility index (Phi) is 2.41. The molecule has 18 heavy (non-hydrogen) atoms. The van der Waals surface area contributed by atoms with Crippen molar-refractivity contribution in [2.24, 2.45) is 7.05 Å². The molecule has 1 N–H and O–H groups in total. The van der Waals surface area contributed by atoms with Crippen molar-refractivity contribution in [1.82, 2.24) is 19.7 Å². The van der Waals surface area contributed by atoms with E-state index in [1.54, 1.807) is 0 Å². The molecule has 0 aliphatic carbocycles. The van der Waals surface area contributed by atoms with E-state index in [9.17, 15) is 0 Å². The van der Waals surface area contributed by atoms with Crippen LogP contribution in [0, 0.1) is 13.8 Å². The summed E-state index contributed by atoms with van der Waals surface area (Å²) < 4.78 is 1.87. The van der Waals surface area contributed by atoms with Crippen LogP contribution in [0.15, 0.2) is 18.2 Å². The van der Waals surface area contributed by atoms with Gasteiger partial charge in [-0.15, -0.1) is 0 Å². The molecule has 3 rings (SSSR count). The average Bonchev–Trinajstić information content (AvgIpc) is 2.80. The second-order valence-electron chi connectivity index (χ2n) is 4.42. The standard InChI is InChI=1S/C13H13ClN4/c1-7-12(8(2)18(3)17-7)13-15-10-5-4-9(14)6-11(10)16-13/h4-6H,1-3H3,(H,15,16). The Morgan fingerprint density at radius 2 is 2.06 bits per heavy atom. The largest absolute Gasteiger partial charge is 0.338 e. The van der Waals surface area contributed by atoms with Crippen LogP contribution in [0.1, 0.15) is 11.4 Å². The maximum absolute atomic E-state index is 5.98. The zero-order valence-corrected chi connectivity index (χ0v) is 11.2. The fourth-order valence-corrected chi connectivity index (χ4v) is 2.39. The van der Waals surface area contributed by atoms with Gasteiger partial charge in [0.05, 0.1) is 22.3 Å². The zero-order valence-electron chi connectivity index (χ0n) is 10.5. The van der Waals surface area contributed by atoms with Gasteiger partial charge in [0.1, 0.15) is 5.82 Å². The number of hydrogen-bond donors (Lipinski definition) is 1. The Balaban J connectivity index is 2.25. The summed E-state index contributed by atoms with van der Waals surface area (Å²) in [7, 11) is 1.94. The third kappa shape index (κ3) is 1.61. The molecule has 0 fully saturated rings. The quantitative estimate of drug-likeness (QED) is 0.730. The van der Waals surface area contributed by atoms with Gasteiger partial charge in [0.2, 0.25) is 0 Å². The molecule has 0 amide bonds. The molecule has 0 saturated carbocycles. The minimum Gasteiger partial charge on any atom is -0.338 e. The molecule has 2 heterocycles. The third-order valence-electron chi connectivity index (χ3n) is 3.19. The number of hydrogen-bond acceptors (Lipinski definition) is 2. The lowest BCUT2D eigenvalue weighted by atomic mass is 10.2. The first-order valence-electron chi connectivity index (χ1n) is 5.72. The smallest absolute Gasteiger partial charge is 0.142 e. The van der Waals surface area contributed by atoms with Crippen LogP contribution in [0.25, 0.3) is 22.4 Å². The summed E-state index contributed by atoms with van der Waals surface area (Å²) in [5, 5.41) is 5.11. The van der Waals surface area contributed by atoms with Gasteiger partial charge in [-0.05, 0) is 32.0 Å². The van der Waals surface area contributed by atoms with Crippen molar-refractivity contribution >= 4 is 22.6 Å². The molecule has 3 aromatic rings. The molecule has 2 aromatic heterocycles. The molecule has 0 unspecified atom stereocenters. The first kappa shape index (κ1) is 11.3. The topological polar surface area (TPSA) is 46.5 Å². The van der Waals surface area contributed by atoms with E-state index in [1.807, 2.05) is 43.8 Å². The summed E-state index contributed by atoms with van der Waals surface area (Å²) >= 11 is 5.98. The van der Waals surface area contributed by atoms with Gasteiger partial charge < -0.3 is 4.98 Å². The molecule has 0 atom stereocenters. The summed E-state index contributed by atoms with van der Waals surface area (Å²) in [5.74, 6) is 0.843. The molecule has 1 aromatic carbocycles. The zero-order chi connectivity index (χ0) is 12.9. The Labute approximate surface area is 110 Å². The normalized spacial score (nSPS) is 11.3. The third-order valence-corrected chi connectivity index (χ3v) is 3.42. The minimum atomic E-state index is 0.706. The number of aromatic amines is 1. The number of rotatable bonds is 1. The lowest BCUT2D eigenvalue weighted by Crippen LogP contribution is -1.92. The van der Waals surface area contributed by atoms with Crippen LogP contribution in [0.2, 0.25) is 5.02 Å². The van der Waals surface area contributed by atoms with Crippen LogP contribution in [-0.2, 0) is 7.05 Å². The number of nitrogens with zero attached hydrogens (tertiary/aromatic N) is 3. The van der Waals surface area contributed by atoms with Crippen LogP contribution in [0.4, 0.5) is 0 Å². The van der Waals surface area contributed by atoms with E-state index >= 15 is 0 Å². The van der Waals surface area contributed by atoms with Crippen LogP contribution < -0.4 is 0 Å². The van der Waals surface area contributed by atoms with Gasteiger partial charge in [0.25, 0.3) is 0 Å². The maximum Gasteiger partial charge on any atom is 0.142 e. The fourth-order valence-electron chi connectivity index (χ4n) is 2.22. The van der Waals surface area contributed by atoms with E-state index in [1.165, 1.54) is 0 Å². The van der Waals surface area contributed by atoms with Crippen LogP contribution in [-0.4, -0.2) is 19.7 Å². The predicted octanol–water partition coefficient (Wildman–Crippen LogP) is 3.23. The number of halogens is 1. The molecular weight excluding hydrogens is 248 g/mol. The van der Waals surface area contributed by atoms with E-state index < -0.39 is 0 Å². The van der Waals surface area contributed by atoms with Crippen molar-refractivity contribution in [2.75, 3.05) is 0 Å². The van der Waals surface area contributed by atoms with Gasteiger partial charge in [-0.1, -0.05) is 11.6 Å². The van der Waals surface area contributed by atoms with Crippen LogP contribution in [0.5, 0.6) is 0 Å². The molecule has 0 saturated heterocycles. The average molecular weight is 261 g/mol. The van der Waals surface area contributed by atoms with Gasteiger partial charge in [-0.3, -0.25) is 4.68 Å². The first-order chi connectivity index (χ1) is 8.56. The molecule has 5 heteroatoms. The number of aryl methyl sites for hydroxylation is 2. The molecule has 0 bridgehead atoms. The predicted molar refractivity (Wildman–Crippen MR) is 72.8 cm³/mol. The summed E-state index contributed by atoms with van der Waals surface area (Å²) in [6.45, 7) is 4.03. The SMILES string of the molecule is Cc1nn(C)c(C)c1-c1nc2ccc(Cl)cc2[nH]1. The van der Waals surface area contributed by atoms with Crippen molar-refractivity contribution < 1.29 is 0 Å². The summed E-state index contributed by atoms with van der Waals surface area (Å²) in [6, 6.07) is 5.64. The molecule has 0 aliphatic heterocycles. The first-order valence-corrected chi connectivity index (χ1v) is 6.10. The number of H-pyrrole nitrogens is 1. The number of aromatic nitrogens is 4. The number of benzene rings is 1. The van der Waals surface area contributed by atoms with Gasteiger partial charge in [0.15, 0.2) is 0 Å². The number of nitrogens with one attached hydrogen (secondary N) is 1. The van der Waals surface area contributed by atoms with Crippen molar-refractivity contribution in [1.29, 1.82) is 0 Å². The maximum atomic E-state index is 5.98. The summed E-state index contributed by atoms with van der Waals surface area (Å²) in [5.41, 5.74) is 4.99. The Bertz CT molecular complexity index is 739. The van der Waals surface area contributed by atoms with Crippen LogP contribution in [0.3, 0.4) is 0 Å².